The zero-order valence-corrected chi connectivity index (χ0v) is 10.7. The highest BCUT2D eigenvalue weighted by Gasteiger charge is 2.30. The van der Waals surface area contributed by atoms with E-state index in [0.717, 1.165) is 25.1 Å². The van der Waals surface area contributed by atoms with Crippen LogP contribution < -0.4 is 5.73 Å². The molecule has 4 nitrogen and oxygen atoms in total. The fourth-order valence-corrected chi connectivity index (χ4v) is 2.39. The maximum absolute atomic E-state index is 13.1. The summed E-state index contributed by atoms with van der Waals surface area (Å²) in [6, 6.07) is 1.16. The van der Waals surface area contributed by atoms with Crippen molar-refractivity contribution in [3.63, 3.8) is 0 Å². The summed E-state index contributed by atoms with van der Waals surface area (Å²) < 4.78 is 13.1. The van der Waals surface area contributed by atoms with E-state index in [1.165, 1.54) is 0 Å². The number of carbonyl (C=O) groups excluding carboxylic acids is 1. The molecule has 2 N–H and O–H groups in total. The molecule has 2 rings (SSSR count). The Morgan fingerprint density at radius 3 is 2.94 bits per heavy atom. The van der Waals surface area contributed by atoms with Crippen LogP contribution in [0.1, 0.15) is 37.0 Å². The molecule has 1 aromatic rings. The number of anilines is 1. The number of nitrogen functional groups attached to an aromatic ring is 1. The number of piperidine rings is 1. The minimum atomic E-state index is -0.538. The van der Waals surface area contributed by atoms with Gasteiger partial charge in [-0.15, -0.1) is 0 Å². The Labute approximate surface area is 106 Å². The van der Waals surface area contributed by atoms with E-state index in [4.69, 9.17) is 5.73 Å². The normalized spacial score (nSPS) is 18.7. The smallest absolute Gasteiger partial charge is 0.257 e. The summed E-state index contributed by atoms with van der Waals surface area (Å²) in [5.41, 5.74) is 5.90. The van der Waals surface area contributed by atoms with E-state index in [1.807, 2.05) is 0 Å². The lowest BCUT2D eigenvalue weighted by molar-refractivity contribution is 0.0583. The third-order valence-electron chi connectivity index (χ3n) is 3.30. The van der Waals surface area contributed by atoms with Crippen LogP contribution in [-0.2, 0) is 0 Å². The van der Waals surface area contributed by atoms with Crippen LogP contribution in [-0.4, -0.2) is 28.9 Å². The van der Waals surface area contributed by atoms with Crippen molar-refractivity contribution in [2.45, 2.75) is 26.7 Å². The fraction of sp³-hybridized carbons (Fsp3) is 0.538. The van der Waals surface area contributed by atoms with Crippen molar-refractivity contribution >= 4 is 11.7 Å². The van der Waals surface area contributed by atoms with E-state index in [0.29, 0.717) is 13.1 Å². The summed E-state index contributed by atoms with van der Waals surface area (Å²) in [7, 11) is 0. The third kappa shape index (κ3) is 2.60. The largest absolute Gasteiger partial charge is 0.383 e. The van der Waals surface area contributed by atoms with Gasteiger partial charge in [-0.05, 0) is 24.3 Å². The highest BCUT2D eigenvalue weighted by molar-refractivity contribution is 5.98. The molecule has 5 heteroatoms. The van der Waals surface area contributed by atoms with Crippen LogP contribution in [0.2, 0.25) is 0 Å². The molecule has 1 fully saturated rings. The maximum atomic E-state index is 13.1. The van der Waals surface area contributed by atoms with Gasteiger partial charge in [-0.3, -0.25) is 4.79 Å². The van der Waals surface area contributed by atoms with Gasteiger partial charge in [-0.25, -0.2) is 9.37 Å². The van der Waals surface area contributed by atoms with Gasteiger partial charge in [0.2, 0.25) is 0 Å². The first-order valence-electron chi connectivity index (χ1n) is 6.09. The lowest BCUT2D eigenvalue weighted by atomic mass is 9.84. The lowest BCUT2D eigenvalue weighted by Crippen LogP contribution is -2.43. The Morgan fingerprint density at radius 1 is 1.56 bits per heavy atom. The van der Waals surface area contributed by atoms with Gasteiger partial charge in [-0.2, -0.15) is 0 Å². The second kappa shape index (κ2) is 4.55. The molecule has 18 heavy (non-hydrogen) atoms. The summed E-state index contributed by atoms with van der Waals surface area (Å²) in [5.74, 6) is -0.680. The van der Waals surface area contributed by atoms with E-state index in [2.05, 4.69) is 18.8 Å². The van der Waals surface area contributed by atoms with Crippen molar-refractivity contribution in [2.24, 2.45) is 5.41 Å². The molecule has 0 atom stereocenters. The molecular formula is C13H18FN3O. The minimum absolute atomic E-state index is 0.0878. The molecule has 0 unspecified atom stereocenters. The number of rotatable bonds is 1. The van der Waals surface area contributed by atoms with Crippen molar-refractivity contribution in [2.75, 3.05) is 18.8 Å². The number of hydrogen-bond donors (Lipinski definition) is 1. The minimum Gasteiger partial charge on any atom is -0.383 e. The van der Waals surface area contributed by atoms with Crippen LogP contribution in [0.5, 0.6) is 0 Å². The average Bonchev–Trinajstić information content (AvgIpc) is 2.30. The molecule has 98 valence electrons. The molecule has 2 heterocycles. The topological polar surface area (TPSA) is 59.2 Å². The summed E-state index contributed by atoms with van der Waals surface area (Å²) in [6.07, 6.45) is 3.07. The maximum Gasteiger partial charge on any atom is 0.257 e. The molecule has 1 aliphatic rings. The number of hydrogen-bond acceptors (Lipinski definition) is 3. The van der Waals surface area contributed by atoms with Crippen molar-refractivity contribution in [1.29, 1.82) is 0 Å². The fourth-order valence-electron chi connectivity index (χ4n) is 2.39. The van der Waals surface area contributed by atoms with E-state index in [9.17, 15) is 9.18 Å². The van der Waals surface area contributed by atoms with Gasteiger partial charge in [-0.1, -0.05) is 13.8 Å². The first-order valence-corrected chi connectivity index (χ1v) is 6.09. The molecule has 0 aromatic carbocycles. The van der Waals surface area contributed by atoms with Crippen LogP contribution in [0.4, 0.5) is 10.2 Å². The SMILES string of the molecule is CC1(C)CCCN(C(=O)c2cc(F)cnc2N)C1. The summed E-state index contributed by atoms with van der Waals surface area (Å²) in [4.78, 5) is 17.7. The zero-order chi connectivity index (χ0) is 13.3. The van der Waals surface area contributed by atoms with Gasteiger partial charge in [0.25, 0.3) is 5.91 Å². The van der Waals surface area contributed by atoms with Gasteiger partial charge in [0.05, 0.1) is 11.8 Å². The molecular weight excluding hydrogens is 233 g/mol. The number of nitrogens with two attached hydrogens (primary N) is 1. The van der Waals surface area contributed by atoms with Crippen molar-refractivity contribution in [3.05, 3.63) is 23.6 Å². The molecule has 1 saturated heterocycles. The van der Waals surface area contributed by atoms with Gasteiger partial charge in [0.15, 0.2) is 0 Å². The van der Waals surface area contributed by atoms with Gasteiger partial charge in [0, 0.05) is 13.1 Å². The Morgan fingerprint density at radius 2 is 2.28 bits per heavy atom. The number of likely N-dealkylation sites (tertiary alicyclic amines) is 1. The molecule has 0 bridgehead atoms. The standard InChI is InChI=1S/C13H18FN3O/c1-13(2)4-3-5-17(8-13)12(18)10-6-9(14)7-16-11(10)15/h6-7H,3-5,8H2,1-2H3,(H2,15,16). The predicted molar refractivity (Wildman–Crippen MR) is 67.5 cm³/mol. The van der Waals surface area contributed by atoms with Crippen LogP contribution >= 0.6 is 0 Å². The van der Waals surface area contributed by atoms with Crippen LogP contribution in [0, 0.1) is 11.2 Å². The molecule has 0 spiro atoms. The molecule has 1 aromatic heterocycles. The van der Waals surface area contributed by atoms with Gasteiger partial charge in [0.1, 0.15) is 11.6 Å². The highest BCUT2D eigenvalue weighted by atomic mass is 19.1. The lowest BCUT2D eigenvalue weighted by Gasteiger charge is -2.38. The van der Waals surface area contributed by atoms with Crippen molar-refractivity contribution < 1.29 is 9.18 Å². The van der Waals surface area contributed by atoms with E-state index >= 15 is 0 Å². The summed E-state index contributed by atoms with van der Waals surface area (Å²) in [5, 5.41) is 0. The van der Waals surface area contributed by atoms with Crippen LogP contribution in [0.25, 0.3) is 0 Å². The van der Waals surface area contributed by atoms with E-state index in [1.54, 1.807) is 4.90 Å². The number of nitrogens with zero attached hydrogens (tertiary/aromatic N) is 2. The number of pyridine rings is 1. The Bertz CT molecular complexity index is 473. The Kier molecular flexibility index (Phi) is 3.24. The summed E-state index contributed by atoms with van der Waals surface area (Å²) in [6.45, 7) is 5.61. The van der Waals surface area contributed by atoms with Crippen LogP contribution in [0.3, 0.4) is 0 Å². The van der Waals surface area contributed by atoms with Crippen molar-refractivity contribution in [3.8, 4) is 0 Å². The van der Waals surface area contributed by atoms with Crippen LogP contribution in [0.15, 0.2) is 12.3 Å². The average molecular weight is 251 g/mol. The first kappa shape index (κ1) is 12.8. The van der Waals surface area contributed by atoms with E-state index < -0.39 is 5.82 Å². The third-order valence-corrected chi connectivity index (χ3v) is 3.30. The van der Waals surface area contributed by atoms with Gasteiger partial charge < -0.3 is 10.6 Å². The predicted octanol–water partition coefficient (Wildman–Crippen LogP) is 2.07. The Hall–Kier alpha value is -1.65. The number of amides is 1. The quantitative estimate of drug-likeness (QED) is 0.831. The monoisotopic (exact) mass is 251 g/mol. The molecule has 0 radical (unpaired) electrons. The zero-order valence-electron chi connectivity index (χ0n) is 10.7. The summed E-state index contributed by atoms with van der Waals surface area (Å²) >= 11 is 0. The Balaban J connectivity index is 2.23. The van der Waals surface area contributed by atoms with Crippen molar-refractivity contribution in [1.82, 2.24) is 9.88 Å². The van der Waals surface area contributed by atoms with E-state index in [-0.39, 0.29) is 22.7 Å². The second-order valence-corrected chi connectivity index (χ2v) is 5.58. The van der Waals surface area contributed by atoms with Gasteiger partial charge >= 0.3 is 0 Å². The number of halogens is 1. The number of carbonyl (C=O) groups is 1. The number of aromatic nitrogens is 1. The first-order chi connectivity index (χ1) is 8.39. The molecule has 1 aliphatic heterocycles. The molecule has 1 amide bonds. The molecule has 0 saturated carbocycles. The second-order valence-electron chi connectivity index (χ2n) is 5.58. The highest BCUT2D eigenvalue weighted by Crippen LogP contribution is 2.29. The molecule has 0 aliphatic carbocycles.